The summed E-state index contributed by atoms with van der Waals surface area (Å²) in [6.45, 7) is 1.19. The lowest BCUT2D eigenvalue weighted by Gasteiger charge is -2.13. The molecule has 0 radical (unpaired) electrons. The van der Waals surface area contributed by atoms with E-state index in [0.29, 0.717) is 24.5 Å². The first-order valence-corrected chi connectivity index (χ1v) is 7.55. The van der Waals surface area contributed by atoms with Crippen molar-refractivity contribution in [2.75, 3.05) is 24.6 Å². The SMILES string of the molecule is CNS(=O)(=O)c1cc(N)ccc1NCCn1cccn1. The van der Waals surface area contributed by atoms with E-state index in [9.17, 15) is 8.42 Å². The predicted octanol–water partition coefficient (Wildman–Crippen LogP) is 0.485. The maximum absolute atomic E-state index is 11.9. The summed E-state index contributed by atoms with van der Waals surface area (Å²) in [5, 5.41) is 7.16. The van der Waals surface area contributed by atoms with Crippen LogP contribution in [0.15, 0.2) is 41.6 Å². The van der Waals surface area contributed by atoms with Crippen molar-refractivity contribution >= 4 is 21.4 Å². The first-order chi connectivity index (χ1) is 9.53. The molecule has 0 unspecified atom stereocenters. The Balaban J connectivity index is 2.15. The highest BCUT2D eigenvalue weighted by Gasteiger charge is 2.16. The maximum atomic E-state index is 11.9. The summed E-state index contributed by atoms with van der Waals surface area (Å²) < 4.78 is 27.9. The first-order valence-electron chi connectivity index (χ1n) is 6.07. The van der Waals surface area contributed by atoms with Crippen molar-refractivity contribution in [3.63, 3.8) is 0 Å². The topological polar surface area (TPSA) is 102 Å². The minimum Gasteiger partial charge on any atom is -0.399 e. The van der Waals surface area contributed by atoms with Crippen LogP contribution in [0.4, 0.5) is 11.4 Å². The quantitative estimate of drug-likeness (QED) is 0.673. The van der Waals surface area contributed by atoms with Gasteiger partial charge in [0.05, 0.1) is 12.2 Å². The molecule has 1 aromatic carbocycles. The van der Waals surface area contributed by atoms with E-state index in [1.165, 1.54) is 13.1 Å². The van der Waals surface area contributed by atoms with Crippen LogP contribution < -0.4 is 15.8 Å². The van der Waals surface area contributed by atoms with E-state index in [2.05, 4.69) is 15.1 Å². The number of sulfonamides is 1. The molecule has 0 saturated heterocycles. The normalized spacial score (nSPS) is 11.4. The van der Waals surface area contributed by atoms with Crippen LogP contribution in [0.1, 0.15) is 0 Å². The summed E-state index contributed by atoms with van der Waals surface area (Å²) in [4.78, 5) is 0.139. The van der Waals surface area contributed by atoms with E-state index in [-0.39, 0.29) is 4.90 Å². The zero-order chi connectivity index (χ0) is 14.6. The van der Waals surface area contributed by atoms with Crippen molar-refractivity contribution in [3.05, 3.63) is 36.7 Å². The van der Waals surface area contributed by atoms with Gasteiger partial charge in [-0.25, -0.2) is 13.1 Å². The molecule has 8 heteroatoms. The molecular formula is C12H17N5O2S. The third-order valence-corrected chi connectivity index (χ3v) is 4.23. The molecule has 0 fully saturated rings. The van der Waals surface area contributed by atoms with Gasteiger partial charge in [0.15, 0.2) is 0 Å². The standard InChI is InChI=1S/C12H17N5O2S/c1-14-20(18,19)12-9-10(13)3-4-11(12)15-6-8-17-7-2-5-16-17/h2-5,7,9,14-15H,6,8,13H2,1H3. The predicted molar refractivity (Wildman–Crippen MR) is 77.8 cm³/mol. The van der Waals surface area contributed by atoms with Crippen LogP contribution in [0.5, 0.6) is 0 Å². The minimum atomic E-state index is -3.55. The van der Waals surface area contributed by atoms with Gasteiger partial charge in [-0.05, 0) is 31.3 Å². The molecule has 0 aliphatic heterocycles. The molecular weight excluding hydrogens is 278 g/mol. The van der Waals surface area contributed by atoms with E-state index in [4.69, 9.17) is 5.73 Å². The molecule has 1 aromatic heterocycles. The fraction of sp³-hybridized carbons (Fsp3) is 0.250. The third kappa shape index (κ3) is 3.28. The molecule has 20 heavy (non-hydrogen) atoms. The van der Waals surface area contributed by atoms with Gasteiger partial charge in [-0.3, -0.25) is 4.68 Å². The van der Waals surface area contributed by atoms with Gasteiger partial charge >= 0.3 is 0 Å². The van der Waals surface area contributed by atoms with E-state index < -0.39 is 10.0 Å². The van der Waals surface area contributed by atoms with Gasteiger partial charge in [-0.15, -0.1) is 0 Å². The van der Waals surface area contributed by atoms with Crippen LogP contribution in [0.25, 0.3) is 0 Å². The highest BCUT2D eigenvalue weighted by Crippen LogP contribution is 2.23. The summed E-state index contributed by atoms with van der Waals surface area (Å²) in [7, 11) is -2.18. The Morgan fingerprint density at radius 3 is 2.85 bits per heavy atom. The van der Waals surface area contributed by atoms with Crippen molar-refractivity contribution in [2.45, 2.75) is 11.4 Å². The number of nitrogens with two attached hydrogens (primary N) is 1. The molecule has 0 aliphatic rings. The van der Waals surface area contributed by atoms with Crippen LogP contribution in [-0.2, 0) is 16.6 Å². The Bertz CT molecular complexity index is 667. The average Bonchev–Trinajstić information content (AvgIpc) is 2.93. The molecule has 0 spiro atoms. The van der Waals surface area contributed by atoms with Crippen molar-refractivity contribution in [1.82, 2.24) is 14.5 Å². The number of anilines is 2. The fourth-order valence-electron chi connectivity index (χ4n) is 1.76. The van der Waals surface area contributed by atoms with Crippen LogP contribution in [0.3, 0.4) is 0 Å². The van der Waals surface area contributed by atoms with Gasteiger partial charge < -0.3 is 11.1 Å². The van der Waals surface area contributed by atoms with Gasteiger partial charge in [-0.2, -0.15) is 5.10 Å². The molecule has 0 amide bonds. The second-order valence-electron chi connectivity index (χ2n) is 4.16. The molecule has 0 aliphatic carbocycles. The van der Waals surface area contributed by atoms with Crippen LogP contribution in [0, 0.1) is 0 Å². The highest BCUT2D eigenvalue weighted by atomic mass is 32.2. The number of nitrogens with zero attached hydrogens (tertiary/aromatic N) is 2. The van der Waals surface area contributed by atoms with Gasteiger partial charge in [0.1, 0.15) is 4.90 Å². The van der Waals surface area contributed by atoms with Gasteiger partial charge in [0, 0.05) is 24.6 Å². The number of rotatable bonds is 6. The Morgan fingerprint density at radius 1 is 1.40 bits per heavy atom. The number of aromatic nitrogens is 2. The molecule has 0 bridgehead atoms. The smallest absolute Gasteiger partial charge is 0.242 e. The number of hydrogen-bond donors (Lipinski definition) is 3. The highest BCUT2D eigenvalue weighted by molar-refractivity contribution is 7.89. The molecule has 0 atom stereocenters. The molecule has 2 rings (SSSR count). The minimum absolute atomic E-state index is 0.139. The molecule has 7 nitrogen and oxygen atoms in total. The van der Waals surface area contributed by atoms with Crippen molar-refractivity contribution in [1.29, 1.82) is 0 Å². The zero-order valence-electron chi connectivity index (χ0n) is 11.1. The zero-order valence-corrected chi connectivity index (χ0v) is 11.9. The average molecular weight is 295 g/mol. The summed E-state index contributed by atoms with van der Waals surface area (Å²) >= 11 is 0. The van der Waals surface area contributed by atoms with Crippen LogP contribution in [0.2, 0.25) is 0 Å². The summed E-state index contributed by atoms with van der Waals surface area (Å²) in [6, 6.07) is 6.58. The van der Waals surface area contributed by atoms with Crippen LogP contribution >= 0.6 is 0 Å². The van der Waals surface area contributed by atoms with Crippen molar-refractivity contribution in [2.24, 2.45) is 0 Å². The van der Waals surface area contributed by atoms with Crippen molar-refractivity contribution in [3.8, 4) is 0 Å². The fourth-order valence-corrected chi connectivity index (χ4v) is 2.70. The number of hydrogen-bond acceptors (Lipinski definition) is 5. The van der Waals surface area contributed by atoms with Gasteiger partial charge in [0.25, 0.3) is 0 Å². The van der Waals surface area contributed by atoms with Gasteiger partial charge in [0.2, 0.25) is 10.0 Å². The van der Waals surface area contributed by atoms with E-state index >= 15 is 0 Å². The number of nitrogens with one attached hydrogen (secondary N) is 2. The second kappa shape index (κ2) is 5.93. The molecule has 0 saturated carbocycles. The number of benzene rings is 1. The third-order valence-electron chi connectivity index (χ3n) is 2.78. The second-order valence-corrected chi connectivity index (χ2v) is 6.01. The Kier molecular flexibility index (Phi) is 4.26. The lowest BCUT2D eigenvalue weighted by molar-refractivity contribution is 0.588. The van der Waals surface area contributed by atoms with E-state index in [1.54, 1.807) is 23.0 Å². The summed E-state index contributed by atoms with van der Waals surface area (Å²) in [5.41, 5.74) is 6.56. The lowest BCUT2D eigenvalue weighted by atomic mass is 10.3. The van der Waals surface area contributed by atoms with E-state index in [1.807, 2.05) is 12.3 Å². The Hall–Kier alpha value is -2.06. The summed E-state index contributed by atoms with van der Waals surface area (Å²) in [6.07, 6.45) is 3.54. The van der Waals surface area contributed by atoms with Gasteiger partial charge in [-0.1, -0.05) is 0 Å². The maximum Gasteiger partial charge on any atom is 0.242 e. The Labute approximate surface area is 117 Å². The van der Waals surface area contributed by atoms with E-state index in [0.717, 1.165) is 0 Å². The van der Waals surface area contributed by atoms with Crippen LogP contribution in [-0.4, -0.2) is 31.8 Å². The van der Waals surface area contributed by atoms with Crippen molar-refractivity contribution < 1.29 is 8.42 Å². The monoisotopic (exact) mass is 295 g/mol. The molecule has 2 aromatic rings. The Morgan fingerprint density at radius 2 is 2.20 bits per heavy atom. The number of nitrogen functional groups attached to an aromatic ring is 1. The molecule has 108 valence electrons. The molecule has 1 heterocycles. The molecule has 4 N–H and O–H groups in total. The first kappa shape index (κ1) is 14.4. The largest absolute Gasteiger partial charge is 0.399 e. The summed E-state index contributed by atoms with van der Waals surface area (Å²) in [5.74, 6) is 0. The lowest BCUT2D eigenvalue weighted by Crippen LogP contribution is -2.21.